The fourth-order valence-electron chi connectivity index (χ4n) is 2.88. The molecule has 0 aliphatic rings. The summed E-state index contributed by atoms with van der Waals surface area (Å²) in [5.41, 5.74) is 0.680. The van der Waals surface area contributed by atoms with Crippen LogP contribution < -0.4 is 10.2 Å². The average Bonchev–Trinajstić information content (AvgIpc) is 3.13. The average molecular weight is 387 g/mol. The van der Waals surface area contributed by atoms with Gasteiger partial charge in [0.05, 0.1) is 5.52 Å². The van der Waals surface area contributed by atoms with E-state index in [2.05, 4.69) is 25.4 Å². The van der Waals surface area contributed by atoms with Crippen molar-refractivity contribution in [2.45, 2.75) is 12.7 Å². The predicted molar refractivity (Wildman–Crippen MR) is 99.2 cm³/mol. The van der Waals surface area contributed by atoms with Gasteiger partial charge in [-0.25, -0.2) is 9.97 Å². The summed E-state index contributed by atoms with van der Waals surface area (Å²) in [6.45, 7) is 0.278. The second kappa shape index (κ2) is 6.63. The van der Waals surface area contributed by atoms with E-state index in [-0.39, 0.29) is 18.1 Å². The smallest absolute Gasteiger partial charge is 0.366 e. The molecule has 144 valence electrons. The van der Waals surface area contributed by atoms with Crippen molar-refractivity contribution >= 4 is 28.3 Å². The molecule has 0 atom stereocenters. The number of alkyl halides is 3. The van der Waals surface area contributed by atoms with Crippen LogP contribution >= 0.6 is 0 Å². The summed E-state index contributed by atoms with van der Waals surface area (Å²) in [7, 11) is 3.76. The van der Waals surface area contributed by atoms with E-state index in [4.69, 9.17) is 0 Å². The highest BCUT2D eigenvalue weighted by atomic mass is 19.4. The summed E-state index contributed by atoms with van der Waals surface area (Å²) in [4.78, 5) is 13.8. The lowest BCUT2D eigenvalue weighted by atomic mass is 10.1. The molecule has 0 spiro atoms. The number of halogens is 3. The first-order chi connectivity index (χ1) is 13.3. The van der Waals surface area contributed by atoms with E-state index in [0.717, 1.165) is 28.4 Å². The highest BCUT2D eigenvalue weighted by Gasteiger charge is 2.34. The summed E-state index contributed by atoms with van der Waals surface area (Å²) in [5.74, 6) is 0.792. The summed E-state index contributed by atoms with van der Waals surface area (Å²) in [6, 6.07) is 10.4. The molecule has 28 heavy (non-hydrogen) atoms. The first-order valence-electron chi connectivity index (χ1n) is 8.41. The molecule has 0 amide bonds. The molecular weight excluding hydrogens is 371 g/mol. The van der Waals surface area contributed by atoms with E-state index >= 15 is 0 Å². The Kier molecular flexibility index (Phi) is 4.25. The van der Waals surface area contributed by atoms with Crippen LogP contribution in [0.25, 0.3) is 16.7 Å². The number of nitrogens with one attached hydrogen (secondary N) is 1. The Hall–Kier alpha value is -3.43. The number of hydrogen-bond acceptors (Lipinski definition) is 6. The summed E-state index contributed by atoms with van der Waals surface area (Å²) in [6.07, 6.45) is -3.41. The van der Waals surface area contributed by atoms with Crippen LogP contribution in [0.4, 0.5) is 24.8 Å². The Morgan fingerprint density at radius 2 is 1.89 bits per heavy atom. The number of para-hydroxylation sites is 1. The van der Waals surface area contributed by atoms with Crippen molar-refractivity contribution in [1.29, 1.82) is 0 Å². The first kappa shape index (κ1) is 18.0. The minimum atomic E-state index is -4.58. The third-order valence-corrected chi connectivity index (χ3v) is 4.25. The van der Waals surface area contributed by atoms with Gasteiger partial charge in [-0.05, 0) is 17.7 Å². The molecule has 0 bridgehead atoms. The van der Waals surface area contributed by atoms with Crippen molar-refractivity contribution in [2.75, 3.05) is 24.3 Å². The van der Waals surface area contributed by atoms with Crippen LogP contribution in [0.1, 0.15) is 11.3 Å². The first-order valence-corrected chi connectivity index (χ1v) is 8.41. The van der Waals surface area contributed by atoms with Crippen LogP contribution in [0.5, 0.6) is 0 Å². The monoisotopic (exact) mass is 387 g/mol. The third kappa shape index (κ3) is 3.28. The highest BCUT2D eigenvalue weighted by Crippen LogP contribution is 2.30. The molecule has 0 radical (unpaired) electrons. The topological polar surface area (TPSA) is 71.2 Å². The van der Waals surface area contributed by atoms with Crippen LogP contribution in [-0.2, 0) is 12.7 Å². The molecule has 3 heterocycles. The Bertz CT molecular complexity index is 1150. The minimum absolute atomic E-state index is 0.120. The largest absolute Gasteiger partial charge is 0.433 e. The number of aromatic nitrogens is 5. The Morgan fingerprint density at radius 3 is 2.64 bits per heavy atom. The molecule has 10 heteroatoms. The van der Waals surface area contributed by atoms with Crippen molar-refractivity contribution < 1.29 is 13.2 Å². The van der Waals surface area contributed by atoms with Gasteiger partial charge in [0.15, 0.2) is 5.69 Å². The van der Waals surface area contributed by atoms with Gasteiger partial charge in [0.1, 0.15) is 18.0 Å². The van der Waals surface area contributed by atoms with E-state index in [1.54, 1.807) is 0 Å². The molecule has 0 saturated heterocycles. The van der Waals surface area contributed by atoms with Gasteiger partial charge in [-0.15, -0.1) is 0 Å². The number of fused-ring (bicyclic) bond motifs is 2. The molecule has 3 aromatic heterocycles. The van der Waals surface area contributed by atoms with Gasteiger partial charge < -0.3 is 10.2 Å². The Morgan fingerprint density at radius 1 is 1.11 bits per heavy atom. The van der Waals surface area contributed by atoms with Gasteiger partial charge in [0.2, 0.25) is 0 Å². The molecule has 1 N–H and O–H groups in total. The lowest BCUT2D eigenvalue weighted by Gasteiger charge is -2.16. The van der Waals surface area contributed by atoms with Crippen LogP contribution in [-0.4, -0.2) is 38.7 Å². The zero-order valence-electron chi connectivity index (χ0n) is 15.1. The van der Waals surface area contributed by atoms with Gasteiger partial charge in [0.25, 0.3) is 5.78 Å². The fourth-order valence-corrected chi connectivity index (χ4v) is 2.88. The van der Waals surface area contributed by atoms with E-state index in [9.17, 15) is 13.2 Å². The molecular formula is C18H16F3N7. The van der Waals surface area contributed by atoms with Crippen LogP contribution in [0.15, 0.2) is 42.7 Å². The zero-order valence-corrected chi connectivity index (χ0v) is 15.1. The lowest BCUT2D eigenvalue weighted by Crippen LogP contribution is -2.14. The molecule has 0 unspecified atom stereocenters. The Labute approximate surface area is 157 Å². The van der Waals surface area contributed by atoms with E-state index < -0.39 is 11.9 Å². The normalized spacial score (nSPS) is 11.9. The second-order valence-corrected chi connectivity index (χ2v) is 6.40. The minimum Gasteiger partial charge on any atom is -0.366 e. The van der Waals surface area contributed by atoms with Crippen molar-refractivity contribution in [3.8, 4) is 0 Å². The number of nitrogens with zero attached hydrogens (tertiary/aromatic N) is 6. The SMILES string of the molecule is CN(C)c1cc(CNc2cc(C(F)(F)F)nc3ncnn23)c2ccccc2n1. The predicted octanol–water partition coefficient (Wildman–Crippen LogP) is 3.37. The van der Waals surface area contributed by atoms with Gasteiger partial charge in [-0.1, -0.05) is 18.2 Å². The van der Waals surface area contributed by atoms with Crippen LogP contribution in [0.3, 0.4) is 0 Å². The van der Waals surface area contributed by atoms with E-state index in [1.807, 2.05) is 49.3 Å². The molecule has 4 rings (SSSR count). The maximum atomic E-state index is 13.2. The molecule has 1 aromatic carbocycles. The zero-order chi connectivity index (χ0) is 19.9. The maximum Gasteiger partial charge on any atom is 0.433 e. The molecule has 0 fully saturated rings. The van der Waals surface area contributed by atoms with Gasteiger partial charge in [-0.3, -0.25) is 0 Å². The van der Waals surface area contributed by atoms with Crippen molar-refractivity contribution in [2.24, 2.45) is 0 Å². The molecule has 0 aliphatic carbocycles. The number of benzene rings is 1. The van der Waals surface area contributed by atoms with Crippen LogP contribution in [0, 0.1) is 0 Å². The summed E-state index contributed by atoms with van der Waals surface area (Å²) < 4.78 is 40.7. The van der Waals surface area contributed by atoms with Crippen molar-refractivity contribution in [3.63, 3.8) is 0 Å². The van der Waals surface area contributed by atoms with E-state index in [1.165, 1.54) is 10.8 Å². The van der Waals surface area contributed by atoms with Crippen molar-refractivity contribution in [1.82, 2.24) is 24.6 Å². The fraction of sp³-hybridized carbons (Fsp3) is 0.222. The summed E-state index contributed by atoms with van der Waals surface area (Å²) in [5, 5.41) is 7.91. The van der Waals surface area contributed by atoms with Gasteiger partial charge in [0, 0.05) is 32.1 Å². The highest BCUT2D eigenvalue weighted by molar-refractivity contribution is 5.84. The molecule has 0 aliphatic heterocycles. The number of rotatable bonds is 4. The lowest BCUT2D eigenvalue weighted by molar-refractivity contribution is -0.141. The van der Waals surface area contributed by atoms with Crippen molar-refractivity contribution in [3.05, 3.63) is 54.0 Å². The maximum absolute atomic E-state index is 13.2. The second-order valence-electron chi connectivity index (χ2n) is 6.40. The molecule has 7 nitrogen and oxygen atoms in total. The standard InChI is InChI=1S/C18H16F3N7/c1-27(2)16-7-11(12-5-3-4-6-13(12)25-16)9-22-15-8-14(18(19,20)21)26-17-23-10-24-28(15)17/h3-8,10,22H,9H2,1-2H3. The quantitative estimate of drug-likeness (QED) is 0.579. The Balaban J connectivity index is 1.75. The van der Waals surface area contributed by atoms with Gasteiger partial charge >= 0.3 is 6.18 Å². The van der Waals surface area contributed by atoms with Gasteiger partial charge in [-0.2, -0.15) is 27.8 Å². The number of hydrogen-bond donors (Lipinski definition) is 1. The van der Waals surface area contributed by atoms with E-state index in [0.29, 0.717) is 0 Å². The number of anilines is 2. The molecule has 4 aromatic rings. The number of pyridine rings is 1. The van der Waals surface area contributed by atoms with Crippen LogP contribution in [0.2, 0.25) is 0 Å². The summed E-state index contributed by atoms with van der Waals surface area (Å²) >= 11 is 0. The third-order valence-electron chi connectivity index (χ3n) is 4.25. The molecule has 0 saturated carbocycles.